The Bertz CT molecular complexity index is 874. The van der Waals surface area contributed by atoms with Crippen LogP contribution in [0.25, 0.3) is 0 Å². The van der Waals surface area contributed by atoms with Gasteiger partial charge in [0, 0.05) is 6.54 Å². The predicted molar refractivity (Wildman–Crippen MR) is 89.2 cm³/mol. The van der Waals surface area contributed by atoms with Crippen molar-refractivity contribution in [3.05, 3.63) is 53.6 Å². The quantitative estimate of drug-likeness (QED) is 0.919. The van der Waals surface area contributed by atoms with E-state index in [1.54, 1.807) is 19.2 Å². The van der Waals surface area contributed by atoms with Gasteiger partial charge in [0.15, 0.2) is 0 Å². The highest BCUT2D eigenvalue weighted by molar-refractivity contribution is 7.92. The molecule has 126 valence electrons. The van der Waals surface area contributed by atoms with Gasteiger partial charge in [-0.25, -0.2) is 13.2 Å². The van der Waals surface area contributed by atoms with Crippen LogP contribution in [0, 0.1) is 0 Å². The standard InChI is InChI=1S/C17H17NO5S/c1-23-14-6-9-16-13(11-14)3-2-10-18(16)24(21,22)15-7-4-12(5-8-15)17(19)20/h4-9,11H,2-3,10H2,1H3,(H,19,20). The van der Waals surface area contributed by atoms with Crippen LogP contribution in [-0.2, 0) is 16.4 Å². The molecule has 6 nitrogen and oxygen atoms in total. The number of anilines is 1. The van der Waals surface area contributed by atoms with Crippen molar-refractivity contribution < 1.29 is 23.1 Å². The number of hydrogen-bond donors (Lipinski definition) is 1. The zero-order valence-electron chi connectivity index (χ0n) is 13.1. The number of carboxylic acids is 1. The van der Waals surface area contributed by atoms with E-state index in [0.29, 0.717) is 24.4 Å². The number of aryl methyl sites for hydroxylation is 1. The van der Waals surface area contributed by atoms with Gasteiger partial charge in [0.05, 0.1) is 23.3 Å². The third-order valence-corrected chi connectivity index (χ3v) is 5.88. The molecule has 0 spiro atoms. The molecule has 1 N–H and O–H groups in total. The van der Waals surface area contributed by atoms with E-state index in [9.17, 15) is 13.2 Å². The number of carbonyl (C=O) groups is 1. The summed E-state index contributed by atoms with van der Waals surface area (Å²) in [5, 5.41) is 8.94. The third kappa shape index (κ3) is 2.82. The molecule has 7 heteroatoms. The summed E-state index contributed by atoms with van der Waals surface area (Å²) in [6.45, 7) is 0.391. The Kier molecular flexibility index (Phi) is 4.19. The number of hydrogen-bond acceptors (Lipinski definition) is 4. The molecule has 0 bridgehead atoms. The lowest BCUT2D eigenvalue weighted by Gasteiger charge is -2.30. The molecule has 1 aliphatic heterocycles. The average Bonchev–Trinajstić information content (AvgIpc) is 2.60. The van der Waals surface area contributed by atoms with Gasteiger partial charge in [0.25, 0.3) is 10.0 Å². The van der Waals surface area contributed by atoms with E-state index < -0.39 is 16.0 Å². The summed E-state index contributed by atoms with van der Waals surface area (Å²) in [5.41, 5.74) is 1.62. The number of carboxylic acid groups (broad SMARTS) is 1. The maximum Gasteiger partial charge on any atom is 0.335 e. The second kappa shape index (κ2) is 6.16. The highest BCUT2D eigenvalue weighted by Gasteiger charge is 2.29. The van der Waals surface area contributed by atoms with E-state index in [-0.39, 0.29) is 10.5 Å². The van der Waals surface area contributed by atoms with Gasteiger partial charge in [-0.15, -0.1) is 0 Å². The SMILES string of the molecule is COc1ccc2c(c1)CCCN2S(=O)(=O)c1ccc(C(=O)O)cc1. The van der Waals surface area contributed by atoms with Crippen LogP contribution >= 0.6 is 0 Å². The van der Waals surface area contributed by atoms with Gasteiger partial charge in [0.1, 0.15) is 5.75 Å². The van der Waals surface area contributed by atoms with E-state index in [2.05, 4.69) is 0 Å². The number of aromatic carboxylic acids is 1. The summed E-state index contributed by atoms with van der Waals surface area (Å²) in [6, 6.07) is 10.6. The van der Waals surface area contributed by atoms with Gasteiger partial charge in [0.2, 0.25) is 0 Å². The molecule has 0 radical (unpaired) electrons. The largest absolute Gasteiger partial charge is 0.497 e. The molecule has 0 atom stereocenters. The molecular formula is C17H17NO5S. The minimum Gasteiger partial charge on any atom is -0.497 e. The molecule has 2 aromatic carbocycles. The summed E-state index contributed by atoms with van der Waals surface area (Å²) >= 11 is 0. The molecule has 0 saturated carbocycles. The molecule has 3 rings (SSSR count). The molecule has 24 heavy (non-hydrogen) atoms. The first-order valence-electron chi connectivity index (χ1n) is 7.46. The van der Waals surface area contributed by atoms with E-state index in [4.69, 9.17) is 9.84 Å². The lowest BCUT2D eigenvalue weighted by atomic mass is 10.0. The third-order valence-electron chi connectivity index (χ3n) is 4.05. The Labute approximate surface area is 140 Å². The topological polar surface area (TPSA) is 83.9 Å². The van der Waals surface area contributed by atoms with Crippen LogP contribution in [0.2, 0.25) is 0 Å². The first-order chi connectivity index (χ1) is 11.4. The number of sulfonamides is 1. The molecule has 0 aliphatic carbocycles. The Balaban J connectivity index is 2.01. The van der Waals surface area contributed by atoms with Crippen LogP contribution in [0.15, 0.2) is 47.4 Å². The van der Waals surface area contributed by atoms with Crippen molar-refractivity contribution in [1.82, 2.24) is 0 Å². The van der Waals surface area contributed by atoms with Gasteiger partial charge < -0.3 is 9.84 Å². The number of fused-ring (bicyclic) bond motifs is 1. The highest BCUT2D eigenvalue weighted by Crippen LogP contribution is 2.34. The second-order valence-corrected chi connectivity index (χ2v) is 7.37. The fraction of sp³-hybridized carbons (Fsp3) is 0.235. The zero-order valence-corrected chi connectivity index (χ0v) is 13.9. The van der Waals surface area contributed by atoms with E-state index in [1.807, 2.05) is 6.07 Å². The molecule has 0 fully saturated rings. The smallest absolute Gasteiger partial charge is 0.335 e. The summed E-state index contributed by atoms with van der Waals surface area (Å²) in [5.74, 6) is -0.395. The van der Waals surface area contributed by atoms with Crippen molar-refractivity contribution in [3.63, 3.8) is 0 Å². The second-order valence-electron chi connectivity index (χ2n) is 5.50. The monoisotopic (exact) mass is 347 g/mol. The number of methoxy groups -OCH3 is 1. The van der Waals surface area contributed by atoms with E-state index >= 15 is 0 Å². The van der Waals surface area contributed by atoms with Crippen LogP contribution < -0.4 is 9.04 Å². The highest BCUT2D eigenvalue weighted by atomic mass is 32.2. The van der Waals surface area contributed by atoms with Crippen molar-refractivity contribution in [1.29, 1.82) is 0 Å². The summed E-state index contributed by atoms with van der Waals surface area (Å²) < 4.78 is 32.4. The number of ether oxygens (including phenoxy) is 1. The summed E-state index contributed by atoms with van der Waals surface area (Å²) in [4.78, 5) is 11.0. The number of benzene rings is 2. The van der Waals surface area contributed by atoms with Crippen molar-refractivity contribution in [2.24, 2.45) is 0 Å². The average molecular weight is 347 g/mol. The van der Waals surface area contributed by atoms with Crippen LogP contribution in [-0.4, -0.2) is 33.1 Å². The van der Waals surface area contributed by atoms with Crippen molar-refractivity contribution in [2.45, 2.75) is 17.7 Å². The van der Waals surface area contributed by atoms with Gasteiger partial charge in [-0.2, -0.15) is 0 Å². The Morgan fingerprint density at radius 3 is 2.50 bits per heavy atom. The summed E-state index contributed by atoms with van der Waals surface area (Å²) in [7, 11) is -2.17. The van der Waals surface area contributed by atoms with Gasteiger partial charge in [-0.1, -0.05) is 0 Å². The van der Waals surface area contributed by atoms with Crippen LogP contribution in [0.1, 0.15) is 22.3 Å². The fourth-order valence-corrected chi connectivity index (χ4v) is 4.35. The lowest BCUT2D eigenvalue weighted by molar-refractivity contribution is 0.0696. The Morgan fingerprint density at radius 1 is 1.17 bits per heavy atom. The minimum absolute atomic E-state index is 0.0535. The first-order valence-corrected chi connectivity index (χ1v) is 8.90. The summed E-state index contributed by atoms with van der Waals surface area (Å²) in [6.07, 6.45) is 1.50. The molecule has 0 saturated heterocycles. The number of nitrogens with zero attached hydrogens (tertiary/aromatic N) is 1. The molecule has 2 aromatic rings. The first kappa shape index (κ1) is 16.3. The predicted octanol–water partition coefficient (Wildman–Crippen LogP) is 2.53. The zero-order chi connectivity index (χ0) is 17.3. The van der Waals surface area contributed by atoms with E-state index in [1.165, 1.54) is 28.6 Å². The Hall–Kier alpha value is -2.54. The normalized spacial score (nSPS) is 14.1. The minimum atomic E-state index is -3.74. The molecule has 0 aromatic heterocycles. The molecule has 1 aliphatic rings. The van der Waals surface area contributed by atoms with Crippen molar-refractivity contribution in [3.8, 4) is 5.75 Å². The van der Waals surface area contributed by atoms with Crippen molar-refractivity contribution >= 4 is 21.7 Å². The van der Waals surface area contributed by atoms with Crippen LogP contribution in [0.3, 0.4) is 0 Å². The lowest BCUT2D eigenvalue weighted by Crippen LogP contribution is -2.35. The molecule has 1 heterocycles. The van der Waals surface area contributed by atoms with Crippen LogP contribution in [0.4, 0.5) is 5.69 Å². The van der Waals surface area contributed by atoms with E-state index in [0.717, 1.165) is 12.0 Å². The van der Waals surface area contributed by atoms with Gasteiger partial charge in [-0.05, 0) is 60.9 Å². The van der Waals surface area contributed by atoms with Gasteiger partial charge >= 0.3 is 5.97 Å². The molecule has 0 unspecified atom stereocenters. The fourth-order valence-electron chi connectivity index (χ4n) is 2.81. The maximum atomic E-state index is 12.9. The van der Waals surface area contributed by atoms with Gasteiger partial charge in [-0.3, -0.25) is 4.31 Å². The molecule has 0 amide bonds. The maximum absolute atomic E-state index is 12.9. The van der Waals surface area contributed by atoms with Crippen molar-refractivity contribution in [2.75, 3.05) is 18.0 Å². The number of rotatable bonds is 4. The van der Waals surface area contributed by atoms with Crippen LogP contribution in [0.5, 0.6) is 5.75 Å². The Morgan fingerprint density at radius 2 is 1.88 bits per heavy atom. The molecular weight excluding hydrogens is 330 g/mol.